The first-order valence-electron chi connectivity index (χ1n) is 7.93. The number of imidazole rings is 1. The highest BCUT2D eigenvalue weighted by Crippen LogP contribution is 2.18. The van der Waals surface area contributed by atoms with Crippen molar-refractivity contribution < 1.29 is 13.2 Å². The van der Waals surface area contributed by atoms with Crippen molar-refractivity contribution in [1.82, 2.24) is 25.2 Å². The second-order valence-corrected chi connectivity index (χ2v) is 5.36. The van der Waals surface area contributed by atoms with Gasteiger partial charge in [0.15, 0.2) is 5.96 Å². The Morgan fingerprint density at radius 1 is 1.24 bits per heavy atom. The lowest BCUT2D eigenvalue weighted by Gasteiger charge is -2.12. The Morgan fingerprint density at radius 2 is 2.04 bits per heavy atom. The number of hydrogen-bond acceptors (Lipinski definition) is 3. The molecular weight excluding hydrogens is 333 g/mol. The third-order valence-electron chi connectivity index (χ3n) is 3.35. The highest BCUT2D eigenvalue weighted by atomic mass is 19.4. The Balaban J connectivity index is 1.96. The van der Waals surface area contributed by atoms with Crippen LogP contribution in [-0.2, 0) is 6.54 Å². The summed E-state index contributed by atoms with van der Waals surface area (Å²) in [6.45, 7) is 4.40. The van der Waals surface area contributed by atoms with Crippen LogP contribution >= 0.6 is 0 Å². The highest BCUT2D eigenvalue weighted by molar-refractivity contribution is 5.79. The summed E-state index contributed by atoms with van der Waals surface area (Å²) in [6, 6.07) is 3.73. The standard InChI is InChI=1S/C16H21F3N6/c1-3-20-15(22-7-6-16(17,18)19)24-11-13-4-5-14(23-10-13)25-9-8-21-12(25)2/h4-5,8-10H,3,6-7,11H2,1-2H3,(H2,20,22,24). The van der Waals surface area contributed by atoms with Gasteiger partial charge in [-0.15, -0.1) is 0 Å². The normalized spacial score (nSPS) is 12.3. The summed E-state index contributed by atoms with van der Waals surface area (Å²) in [4.78, 5) is 12.8. The van der Waals surface area contributed by atoms with Gasteiger partial charge in [-0.05, 0) is 25.5 Å². The Morgan fingerprint density at radius 3 is 2.60 bits per heavy atom. The third kappa shape index (κ3) is 6.09. The van der Waals surface area contributed by atoms with E-state index in [-0.39, 0.29) is 6.54 Å². The molecule has 0 aliphatic carbocycles. The molecule has 9 heteroatoms. The molecule has 0 amide bonds. The predicted molar refractivity (Wildman–Crippen MR) is 89.6 cm³/mol. The van der Waals surface area contributed by atoms with Crippen LogP contribution in [0.3, 0.4) is 0 Å². The minimum absolute atomic E-state index is 0.216. The van der Waals surface area contributed by atoms with Crippen molar-refractivity contribution >= 4 is 5.96 Å². The van der Waals surface area contributed by atoms with E-state index in [4.69, 9.17) is 0 Å². The first-order chi connectivity index (χ1) is 11.9. The molecule has 0 saturated carbocycles. The number of guanidine groups is 1. The van der Waals surface area contributed by atoms with Gasteiger partial charge in [0, 0.05) is 31.7 Å². The van der Waals surface area contributed by atoms with Gasteiger partial charge < -0.3 is 10.6 Å². The van der Waals surface area contributed by atoms with Crippen LogP contribution in [0.2, 0.25) is 0 Å². The zero-order valence-electron chi connectivity index (χ0n) is 14.1. The molecule has 6 nitrogen and oxygen atoms in total. The van der Waals surface area contributed by atoms with E-state index >= 15 is 0 Å². The monoisotopic (exact) mass is 354 g/mol. The fourth-order valence-corrected chi connectivity index (χ4v) is 2.11. The SMILES string of the molecule is CCNC(=NCc1ccc(-n2ccnc2C)nc1)NCCC(F)(F)F. The van der Waals surface area contributed by atoms with Gasteiger partial charge in [-0.3, -0.25) is 4.57 Å². The highest BCUT2D eigenvalue weighted by Gasteiger charge is 2.26. The molecule has 0 bridgehead atoms. The van der Waals surface area contributed by atoms with Gasteiger partial charge in [0.05, 0.1) is 13.0 Å². The van der Waals surface area contributed by atoms with Gasteiger partial charge in [0.25, 0.3) is 0 Å². The number of alkyl halides is 3. The van der Waals surface area contributed by atoms with Crippen LogP contribution in [0.25, 0.3) is 5.82 Å². The topological polar surface area (TPSA) is 67.1 Å². The molecule has 0 unspecified atom stereocenters. The van der Waals surface area contributed by atoms with Crippen LogP contribution < -0.4 is 10.6 Å². The van der Waals surface area contributed by atoms with Gasteiger partial charge >= 0.3 is 6.18 Å². The quantitative estimate of drug-likeness (QED) is 0.618. The Bertz CT molecular complexity index is 691. The molecule has 2 aromatic rings. The third-order valence-corrected chi connectivity index (χ3v) is 3.35. The molecule has 25 heavy (non-hydrogen) atoms. The number of aromatic nitrogens is 3. The second-order valence-electron chi connectivity index (χ2n) is 5.36. The van der Waals surface area contributed by atoms with E-state index in [0.717, 1.165) is 17.2 Å². The number of halogens is 3. The summed E-state index contributed by atoms with van der Waals surface area (Å²) in [7, 11) is 0. The van der Waals surface area contributed by atoms with Crippen molar-refractivity contribution in [2.45, 2.75) is 33.0 Å². The maximum atomic E-state index is 12.2. The Labute approximate surface area is 144 Å². The van der Waals surface area contributed by atoms with E-state index in [0.29, 0.717) is 19.0 Å². The lowest BCUT2D eigenvalue weighted by Crippen LogP contribution is -2.38. The molecule has 2 heterocycles. The fraction of sp³-hybridized carbons (Fsp3) is 0.438. The molecular formula is C16H21F3N6. The minimum Gasteiger partial charge on any atom is -0.357 e. The van der Waals surface area contributed by atoms with Crippen LogP contribution in [0.5, 0.6) is 0 Å². The van der Waals surface area contributed by atoms with Gasteiger partial charge in [0.1, 0.15) is 11.6 Å². The van der Waals surface area contributed by atoms with Gasteiger partial charge in [-0.2, -0.15) is 13.2 Å². The van der Waals surface area contributed by atoms with E-state index in [1.807, 2.05) is 36.7 Å². The number of nitrogens with one attached hydrogen (secondary N) is 2. The Kier molecular flexibility index (Phi) is 6.37. The van der Waals surface area contributed by atoms with Gasteiger partial charge in [-0.25, -0.2) is 15.0 Å². The molecule has 2 aromatic heterocycles. The van der Waals surface area contributed by atoms with Crippen LogP contribution in [0.4, 0.5) is 13.2 Å². The van der Waals surface area contributed by atoms with Crippen molar-refractivity contribution in [1.29, 1.82) is 0 Å². The van der Waals surface area contributed by atoms with Crippen LogP contribution in [0.15, 0.2) is 35.7 Å². The van der Waals surface area contributed by atoms with Gasteiger partial charge in [-0.1, -0.05) is 6.07 Å². The molecule has 0 aromatic carbocycles. The summed E-state index contributed by atoms with van der Waals surface area (Å²) in [5.41, 5.74) is 0.856. The van der Waals surface area contributed by atoms with E-state index in [1.165, 1.54) is 0 Å². The summed E-state index contributed by atoms with van der Waals surface area (Å²) < 4.78 is 38.5. The Hall–Kier alpha value is -2.58. The summed E-state index contributed by atoms with van der Waals surface area (Å²) in [5, 5.41) is 5.59. The van der Waals surface area contributed by atoms with Crippen molar-refractivity contribution in [2.75, 3.05) is 13.1 Å². The number of aryl methyl sites for hydroxylation is 1. The number of hydrogen-bond donors (Lipinski definition) is 2. The zero-order valence-corrected chi connectivity index (χ0v) is 14.1. The molecule has 2 rings (SSSR count). The zero-order chi connectivity index (χ0) is 18.3. The van der Waals surface area contributed by atoms with Crippen LogP contribution in [0.1, 0.15) is 24.7 Å². The molecule has 0 spiro atoms. The van der Waals surface area contributed by atoms with E-state index in [2.05, 4.69) is 25.6 Å². The number of rotatable bonds is 6. The number of aliphatic imine (C=N–C) groups is 1. The first-order valence-corrected chi connectivity index (χ1v) is 7.93. The number of nitrogens with zero attached hydrogens (tertiary/aromatic N) is 4. The van der Waals surface area contributed by atoms with Gasteiger partial charge in [0.2, 0.25) is 0 Å². The van der Waals surface area contributed by atoms with Crippen molar-refractivity contribution in [3.63, 3.8) is 0 Å². The van der Waals surface area contributed by atoms with Crippen molar-refractivity contribution in [3.8, 4) is 5.82 Å². The molecule has 0 radical (unpaired) electrons. The lowest BCUT2D eigenvalue weighted by molar-refractivity contribution is -0.132. The van der Waals surface area contributed by atoms with E-state index in [1.54, 1.807) is 12.4 Å². The maximum absolute atomic E-state index is 12.2. The van der Waals surface area contributed by atoms with Crippen molar-refractivity contribution in [3.05, 3.63) is 42.1 Å². The summed E-state index contributed by atoms with van der Waals surface area (Å²) in [5.74, 6) is 1.93. The summed E-state index contributed by atoms with van der Waals surface area (Å²) >= 11 is 0. The molecule has 0 atom stereocenters. The predicted octanol–water partition coefficient (Wildman–Crippen LogP) is 2.58. The molecule has 0 fully saturated rings. The molecule has 0 saturated heterocycles. The fourth-order valence-electron chi connectivity index (χ4n) is 2.11. The maximum Gasteiger partial charge on any atom is 0.390 e. The van der Waals surface area contributed by atoms with Crippen LogP contribution in [-0.4, -0.2) is 39.8 Å². The molecule has 0 aliphatic rings. The van der Waals surface area contributed by atoms with E-state index < -0.39 is 12.6 Å². The summed E-state index contributed by atoms with van der Waals surface area (Å²) in [6.07, 6.45) is 0.124. The molecule has 136 valence electrons. The molecule has 0 aliphatic heterocycles. The smallest absolute Gasteiger partial charge is 0.357 e. The largest absolute Gasteiger partial charge is 0.390 e. The average molecular weight is 354 g/mol. The van der Waals surface area contributed by atoms with Crippen LogP contribution in [0, 0.1) is 6.92 Å². The van der Waals surface area contributed by atoms with E-state index in [9.17, 15) is 13.2 Å². The minimum atomic E-state index is -4.18. The average Bonchev–Trinajstić information content (AvgIpc) is 2.98. The lowest BCUT2D eigenvalue weighted by atomic mass is 10.3. The number of pyridine rings is 1. The first kappa shape index (κ1) is 18.8. The molecule has 2 N–H and O–H groups in total. The second kappa shape index (κ2) is 8.50. The van der Waals surface area contributed by atoms with Crippen molar-refractivity contribution in [2.24, 2.45) is 4.99 Å².